The molecule has 1 amide bonds. The van der Waals surface area contributed by atoms with E-state index < -0.39 is 0 Å². The van der Waals surface area contributed by atoms with Crippen LogP contribution in [0.4, 0.5) is 0 Å². The molecule has 0 radical (unpaired) electrons. The second kappa shape index (κ2) is 4.67. The summed E-state index contributed by atoms with van der Waals surface area (Å²) >= 11 is 7.03. The SMILES string of the molecule is CC(NC(=O)c1ccc(Cl)s1)c1cnc[nH]1. The number of aromatic amines is 1. The van der Waals surface area contributed by atoms with Gasteiger partial charge in [-0.3, -0.25) is 4.79 Å². The monoisotopic (exact) mass is 255 g/mol. The lowest BCUT2D eigenvalue weighted by molar-refractivity contribution is 0.0943. The van der Waals surface area contributed by atoms with Crippen molar-refractivity contribution in [1.29, 1.82) is 0 Å². The Morgan fingerprint density at radius 1 is 1.62 bits per heavy atom. The van der Waals surface area contributed by atoms with E-state index in [1.165, 1.54) is 11.3 Å². The largest absolute Gasteiger partial charge is 0.347 e. The zero-order chi connectivity index (χ0) is 11.5. The van der Waals surface area contributed by atoms with Crippen LogP contribution in [-0.4, -0.2) is 15.9 Å². The molecule has 2 rings (SSSR count). The van der Waals surface area contributed by atoms with Crippen LogP contribution in [0.1, 0.15) is 28.3 Å². The number of carbonyl (C=O) groups is 1. The van der Waals surface area contributed by atoms with Crippen molar-refractivity contribution >= 4 is 28.8 Å². The highest BCUT2D eigenvalue weighted by Crippen LogP contribution is 2.21. The molecule has 1 atom stereocenters. The summed E-state index contributed by atoms with van der Waals surface area (Å²) in [6.07, 6.45) is 3.27. The number of amides is 1. The van der Waals surface area contributed by atoms with E-state index >= 15 is 0 Å². The van der Waals surface area contributed by atoms with Crippen molar-refractivity contribution in [2.45, 2.75) is 13.0 Å². The Morgan fingerprint density at radius 2 is 2.44 bits per heavy atom. The third-order valence-electron chi connectivity index (χ3n) is 2.13. The van der Waals surface area contributed by atoms with Gasteiger partial charge in [-0.05, 0) is 19.1 Å². The topological polar surface area (TPSA) is 57.8 Å². The third-order valence-corrected chi connectivity index (χ3v) is 3.36. The van der Waals surface area contributed by atoms with Gasteiger partial charge in [0.15, 0.2) is 0 Å². The van der Waals surface area contributed by atoms with Crippen LogP contribution >= 0.6 is 22.9 Å². The fourth-order valence-corrected chi connectivity index (χ4v) is 2.23. The van der Waals surface area contributed by atoms with Gasteiger partial charge in [-0.15, -0.1) is 11.3 Å². The summed E-state index contributed by atoms with van der Waals surface area (Å²) in [5, 5.41) is 2.85. The number of thiophene rings is 1. The van der Waals surface area contributed by atoms with E-state index in [9.17, 15) is 4.79 Å². The number of aromatic nitrogens is 2. The average Bonchev–Trinajstić information content (AvgIpc) is 2.87. The maximum atomic E-state index is 11.8. The molecule has 0 aliphatic heterocycles. The molecule has 0 spiro atoms. The first-order valence-corrected chi connectivity index (χ1v) is 5.90. The molecular weight excluding hydrogens is 246 g/mol. The van der Waals surface area contributed by atoms with Crippen molar-refractivity contribution in [3.63, 3.8) is 0 Å². The van der Waals surface area contributed by atoms with Gasteiger partial charge >= 0.3 is 0 Å². The predicted molar refractivity (Wildman–Crippen MR) is 63.8 cm³/mol. The number of imidazole rings is 1. The third kappa shape index (κ3) is 2.43. The van der Waals surface area contributed by atoms with Crippen molar-refractivity contribution in [1.82, 2.24) is 15.3 Å². The van der Waals surface area contributed by atoms with E-state index in [2.05, 4.69) is 15.3 Å². The van der Waals surface area contributed by atoms with Gasteiger partial charge < -0.3 is 10.3 Å². The van der Waals surface area contributed by atoms with Gasteiger partial charge in [0, 0.05) is 0 Å². The zero-order valence-corrected chi connectivity index (χ0v) is 10.1. The quantitative estimate of drug-likeness (QED) is 0.886. The standard InChI is InChI=1S/C10H10ClN3OS/c1-6(7-4-12-5-13-7)14-10(15)8-2-3-9(11)16-8/h2-6H,1H3,(H,12,13)(H,14,15). The van der Waals surface area contributed by atoms with Gasteiger partial charge in [0.1, 0.15) is 0 Å². The predicted octanol–water partition coefficient (Wildman–Crippen LogP) is 2.62. The molecule has 0 aliphatic rings. The molecule has 4 nitrogen and oxygen atoms in total. The first-order chi connectivity index (χ1) is 7.66. The maximum absolute atomic E-state index is 11.8. The second-order valence-corrected chi connectivity index (χ2v) is 5.02. The Kier molecular flexibility index (Phi) is 3.26. The van der Waals surface area contributed by atoms with E-state index in [1.807, 2.05) is 6.92 Å². The summed E-state index contributed by atoms with van der Waals surface area (Å²) < 4.78 is 0.611. The summed E-state index contributed by atoms with van der Waals surface area (Å²) in [6.45, 7) is 1.89. The zero-order valence-electron chi connectivity index (χ0n) is 8.53. The fraction of sp³-hybridized carbons (Fsp3) is 0.200. The minimum Gasteiger partial charge on any atom is -0.347 e. The molecule has 2 aromatic heterocycles. The number of rotatable bonds is 3. The summed E-state index contributed by atoms with van der Waals surface area (Å²) in [6, 6.07) is 3.32. The molecule has 1 unspecified atom stereocenters. The molecule has 2 heterocycles. The van der Waals surface area contributed by atoms with E-state index in [0.29, 0.717) is 9.21 Å². The molecule has 2 aromatic rings. The summed E-state index contributed by atoms with van der Waals surface area (Å²) in [7, 11) is 0. The van der Waals surface area contributed by atoms with Crippen LogP contribution in [0.25, 0.3) is 0 Å². The van der Waals surface area contributed by atoms with Crippen molar-refractivity contribution < 1.29 is 4.79 Å². The van der Waals surface area contributed by atoms with Crippen LogP contribution < -0.4 is 5.32 Å². The molecule has 0 bridgehead atoms. The number of H-pyrrole nitrogens is 1. The minimum absolute atomic E-state index is 0.101. The highest BCUT2D eigenvalue weighted by Gasteiger charge is 2.13. The minimum atomic E-state index is -0.126. The molecule has 0 saturated carbocycles. The highest BCUT2D eigenvalue weighted by atomic mass is 35.5. The fourth-order valence-electron chi connectivity index (χ4n) is 1.29. The molecule has 0 saturated heterocycles. The molecule has 84 valence electrons. The number of carbonyl (C=O) groups excluding carboxylic acids is 1. The Morgan fingerprint density at radius 3 is 3.00 bits per heavy atom. The lowest BCUT2D eigenvalue weighted by Gasteiger charge is -2.10. The van der Waals surface area contributed by atoms with Crippen LogP contribution in [-0.2, 0) is 0 Å². The Labute approximate surface area is 102 Å². The Balaban J connectivity index is 2.03. The van der Waals surface area contributed by atoms with E-state index in [4.69, 9.17) is 11.6 Å². The van der Waals surface area contributed by atoms with Crippen LogP contribution in [0.5, 0.6) is 0 Å². The van der Waals surface area contributed by atoms with Gasteiger partial charge in [0.05, 0.1) is 33.5 Å². The Hall–Kier alpha value is -1.33. The van der Waals surface area contributed by atoms with Crippen LogP contribution in [0.15, 0.2) is 24.7 Å². The normalized spacial score (nSPS) is 12.4. The molecule has 16 heavy (non-hydrogen) atoms. The summed E-state index contributed by atoms with van der Waals surface area (Å²) in [5.41, 5.74) is 0.871. The smallest absolute Gasteiger partial charge is 0.261 e. The number of hydrogen-bond acceptors (Lipinski definition) is 3. The van der Waals surface area contributed by atoms with Crippen molar-refractivity contribution in [3.05, 3.63) is 39.6 Å². The lowest BCUT2D eigenvalue weighted by Crippen LogP contribution is -2.26. The molecule has 0 aromatic carbocycles. The van der Waals surface area contributed by atoms with Crippen molar-refractivity contribution in [2.75, 3.05) is 0 Å². The number of halogens is 1. The molecule has 6 heteroatoms. The van der Waals surface area contributed by atoms with Gasteiger partial charge in [0.2, 0.25) is 0 Å². The summed E-state index contributed by atoms with van der Waals surface area (Å²) in [4.78, 5) is 19.2. The molecular formula is C10H10ClN3OS. The average molecular weight is 256 g/mol. The van der Waals surface area contributed by atoms with Gasteiger partial charge in [-0.1, -0.05) is 11.6 Å². The van der Waals surface area contributed by atoms with E-state index in [1.54, 1.807) is 24.7 Å². The molecule has 0 fully saturated rings. The first kappa shape index (κ1) is 11.2. The van der Waals surface area contributed by atoms with Crippen LogP contribution in [0.2, 0.25) is 4.34 Å². The van der Waals surface area contributed by atoms with Gasteiger partial charge in [-0.2, -0.15) is 0 Å². The Bertz CT molecular complexity index is 480. The molecule has 2 N–H and O–H groups in total. The van der Waals surface area contributed by atoms with Crippen molar-refractivity contribution in [3.8, 4) is 0 Å². The molecule has 0 aliphatic carbocycles. The van der Waals surface area contributed by atoms with Gasteiger partial charge in [-0.25, -0.2) is 4.98 Å². The van der Waals surface area contributed by atoms with Gasteiger partial charge in [0.25, 0.3) is 5.91 Å². The maximum Gasteiger partial charge on any atom is 0.261 e. The first-order valence-electron chi connectivity index (χ1n) is 4.71. The number of hydrogen-bond donors (Lipinski definition) is 2. The van der Waals surface area contributed by atoms with E-state index in [-0.39, 0.29) is 11.9 Å². The van der Waals surface area contributed by atoms with Crippen LogP contribution in [0.3, 0.4) is 0 Å². The highest BCUT2D eigenvalue weighted by molar-refractivity contribution is 7.17. The summed E-state index contributed by atoms with van der Waals surface area (Å²) in [5.74, 6) is -0.126. The van der Waals surface area contributed by atoms with Crippen molar-refractivity contribution in [2.24, 2.45) is 0 Å². The number of nitrogens with one attached hydrogen (secondary N) is 2. The van der Waals surface area contributed by atoms with E-state index in [0.717, 1.165) is 5.69 Å². The lowest BCUT2D eigenvalue weighted by atomic mass is 10.2. The second-order valence-electron chi connectivity index (χ2n) is 3.31. The number of nitrogens with zero attached hydrogens (tertiary/aromatic N) is 1. The van der Waals surface area contributed by atoms with Crippen LogP contribution in [0, 0.1) is 0 Å².